The molecule has 1 aliphatic carbocycles. The van der Waals surface area contributed by atoms with E-state index in [1.54, 1.807) is 30.3 Å². The van der Waals surface area contributed by atoms with Crippen LogP contribution in [0.2, 0.25) is 0 Å². The summed E-state index contributed by atoms with van der Waals surface area (Å²) in [5.74, 6) is -0.550. The van der Waals surface area contributed by atoms with Crippen LogP contribution < -0.4 is 16.4 Å². The highest BCUT2D eigenvalue weighted by Gasteiger charge is 2.45. The van der Waals surface area contributed by atoms with Crippen LogP contribution in [-0.2, 0) is 5.54 Å². The van der Waals surface area contributed by atoms with E-state index in [-0.39, 0.29) is 6.03 Å². The third kappa shape index (κ3) is 3.20. The van der Waals surface area contributed by atoms with Gasteiger partial charge in [0.15, 0.2) is 0 Å². The Morgan fingerprint density at radius 2 is 1.88 bits per heavy atom. The molecule has 2 aromatic carbocycles. The number of carbonyl (C=O) groups excluding carboxylic acids is 2. The molecule has 1 saturated carbocycles. The molecule has 24 heavy (non-hydrogen) atoms. The van der Waals surface area contributed by atoms with Gasteiger partial charge in [-0.2, -0.15) is 5.26 Å². The van der Waals surface area contributed by atoms with Crippen LogP contribution in [-0.4, -0.2) is 11.9 Å². The lowest BCUT2D eigenvalue weighted by Gasteiger charge is -2.19. The van der Waals surface area contributed by atoms with Crippen molar-refractivity contribution in [2.45, 2.75) is 18.4 Å². The molecular weight excluding hydrogens is 304 g/mol. The van der Waals surface area contributed by atoms with E-state index in [2.05, 4.69) is 16.7 Å². The molecule has 0 spiro atoms. The average molecular weight is 320 g/mol. The van der Waals surface area contributed by atoms with Crippen LogP contribution >= 0.6 is 0 Å². The second kappa shape index (κ2) is 6.05. The second-order valence-corrected chi connectivity index (χ2v) is 5.80. The lowest BCUT2D eigenvalue weighted by Crippen LogP contribution is -2.38. The number of anilines is 1. The maximum absolute atomic E-state index is 12.3. The predicted octanol–water partition coefficient (Wildman–Crippen LogP) is 2.47. The van der Waals surface area contributed by atoms with Crippen molar-refractivity contribution in [3.63, 3.8) is 0 Å². The second-order valence-electron chi connectivity index (χ2n) is 5.80. The number of hydrogen-bond acceptors (Lipinski definition) is 3. The van der Waals surface area contributed by atoms with Gasteiger partial charge in [0.2, 0.25) is 5.91 Å². The van der Waals surface area contributed by atoms with Crippen molar-refractivity contribution < 1.29 is 9.59 Å². The van der Waals surface area contributed by atoms with E-state index in [0.717, 1.165) is 18.4 Å². The Morgan fingerprint density at radius 1 is 1.12 bits per heavy atom. The van der Waals surface area contributed by atoms with Gasteiger partial charge >= 0.3 is 6.03 Å². The minimum Gasteiger partial charge on any atom is -0.366 e. The largest absolute Gasteiger partial charge is 0.366 e. The standard InChI is InChI=1S/C18H16N4O2/c19-11-12-3-1-5-14(9-12)18(7-8-18)22-17(24)21-15-6-2-4-13(10-15)16(20)23/h1-6,9-10H,7-8H2,(H2,20,23)(H2,21,22,24). The Hall–Kier alpha value is -3.33. The molecule has 0 heterocycles. The van der Waals surface area contributed by atoms with Crippen molar-refractivity contribution in [3.8, 4) is 6.07 Å². The first-order chi connectivity index (χ1) is 11.5. The van der Waals surface area contributed by atoms with Crippen LogP contribution in [0.15, 0.2) is 48.5 Å². The normalized spacial score (nSPS) is 14.3. The summed E-state index contributed by atoms with van der Waals surface area (Å²) in [5, 5.41) is 14.7. The van der Waals surface area contributed by atoms with Gasteiger partial charge in [-0.05, 0) is 48.7 Å². The summed E-state index contributed by atoms with van der Waals surface area (Å²) in [7, 11) is 0. The zero-order valence-corrected chi connectivity index (χ0v) is 12.9. The molecule has 6 nitrogen and oxygen atoms in total. The zero-order chi connectivity index (χ0) is 17.2. The van der Waals surface area contributed by atoms with Crippen LogP contribution in [0.4, 0.5) is 10.5 Å². The third-order valence-corrected chi connectivity index (χ3v) is 4.05. The van der Waals surface area contributed by atoms with Gasteiger partial charge in [-0.25, -0.2) is 4.79 Å². The number of nitrogens with zero attached hydrogens (tertiary/aromatic N) is 1. The third-order valence-electron chi connectivity index (χ3n) is 4.05. The van der Waals surface area contributed by atoms with Crippen molar-refractivity contribution in [2.75, 3.05) is 5.32 Å². The molecule has 0 atom stereocenters. The summed E-state index contributed by atoms with van der Waals surface area (Å²) in [6, 6.07) is 15.4. The minimum absolute atomic E-state index is 0.329. The lowest BCUT2D eigenvalue weighted by molar-refractivity contribution is 0.1000. The van der Waals surface area contributed by atoms with Gasteiger partial charge < -0.3 is 16.4 Å². The van der Waals surface area contributed by atoms with Crippen molar-refractivity contribution in [2.24, 2.45) is 5.73 Å². The fraction of sp³-hybridized carbons (Fsp3) is 0.167. The Labute approximate surface area is 139 Å². The van der Waals surface area contributed by atoms with Gasteiger partial charge in [-0.1, -0.05) is 18.2 Å². The molecule has 1 aliphatic rings. The van der Waals surface area contributed by atoms with Crippen LogP contribution in [0.1, 0.15) is 34.3 Å². The lowest BCUT2D eigenvalue weighted by atomic mass is 10.0. The maximum atomic E-state index is 12.3. The number of nitriles is 1. The molecule has 0 aliphatic heterocycles. The van der Waals surface area contributed by atoms with E-state index in [1.807, 2.05) is 12.1 Å². The van der Waals surface area contributed by atoms with E-state index in [0.29, 0.717) is 16.8 Å². The number of rotatable bonds is 4. The fourth-order valence-corrected chi connectivity index (χ4v) is 2.63. The highest BCUT2D eigenvalue weighted by atomic mass is 16.2. The topological polar surface area (TPSA) is 108 Å². The van der Waals surface area contributed by atoms with Crippen molar-refractivity contribution >= 4 is 17.6 Å². The van der Waals surface area contributed by atoms with E-state index < -0.39 is 11.4 Å². The van der Waals surface area contributed by atoms with Crippen molar-refractivity contribution in [3.05, 3.63) is 65.2 Å². The fourth-order valence-electron chi connectivity index (χ4n) is 2.63. The molecule has 3 amide bonds. The number of amides is 3. The quantitative estimate of drug-likeness (QED) is 0.805. The summed E-state index contributed by atoms with van der Waals surface area (Å²) in [6.45, 7) is 0. The predicted molar refractivity (Wildman–Crippen MR) is 89.2 cm³/mol. The molecule has 0 saturated heterocycles. The first kappa shape index (κ1) is 15.6. The van der Waals surface area contributed by atoms with Gasteiger partial charge in [-0.15, -0.1) is 0 Å². The number of benzene rings is 2. The Balaban J connectivity index is 1.72. The van der Waals surface area contributed by atoms with Crippen LogP contribution in [0, 0.1) is 11.3 Å². The van der Waals surface area contributed by atoms with Gasteiger partial charge in [0, 0.05) is 11.3 Å². The number of carbonyl (C=O) groups is 2. The van der Waals surface area contributed by atoms with E-state index in [4.69, 9.17) is 11.0 Å². The molecule has 0 aromatic heterocycles. The molecule has 0 bridgehead atoms. The molecule has 6 heteroatoms. The molecule has 0 radical (unpaired) electrons. The van der Waals surface area contributed by atoms with E-state index in [9.17, 15) is 9.59 Å². The monoisotopic (exact) mass is 320 g/mol. The highest BCUT2D eigenvalue weighted by Crippen LogP contribution is 2.45. The zero-order valence-electron chi connectivity index (χ0n) is 12.9. The van der Waals surface area contributed by atoms with E-state index in [1.165, 1.54) is 6.07 Å². The summed E-state index contributed by atoms with van der Waals surface area (Å²) in [4.78, 5) is 23.5. The van der Waals surface area contributed by atoms with E-state index >= 15 is 0 Å². The van der Waals surface area contributed by atoms with Crippen LogP contribution in [0.5, 0.6) is 0 Å². The number of urea groups is 1. The van der Waals surface area contributed by atoms with Gasteiger partial charge in [0.05, 0.1) is 17.2 Å². The summed E-state index contributed by atoms with van der Waals surface area (Å²) in [6.07, 6.45) is 1.63. The smallest absolute Gasteiger partial charge is 0.319 e. The summed E-state index contributed by atoms with van der Waals surface area (Å²) >= 11 is 0. The molecule has 3 rings (SSSR count). The first-order valence-electron chi connectivity index (χ1n) is 7.52. The minimum atomic E-state index is -0.550. The maximum Gasteiger partial charge on any atom is 0.319 e. The van der Waals surface area contributed by atoms with Gasteiger partial charge in [0.1, 0.15) is 0 Å². The average Bonchev–Trinajstić information content (AvgIpc) is 3.35. The molecule has 2 aromatic rings. The van der Waals surface area contributed by atoms with Gasteiger partial charge in [0.25, 0.3) is 0 Å². The van der Waals surface area contributed by atoms with Crippen molar-refractivity contribution in [1.29, 1.82) is 5.26 Å². The Kier molecular flexibility index (Phi) is 3.92. The molecule has 4 N–H and O–H groups in total. The highest BCUT2D eigenvalue weighted by molar-refractivity contribution is 5.96. The Bertz CT molecular complexity index is 850. The number of hydrogen-bond donors (Lipinski definition) is 3. The van der Waals surface area contributed by atoms with Crippen LogP contribution in [0.25, 0.3) is 0 Å². The number of nitrogens with one attached hydrogen (secondary N) is 2. The number of primary amides is 1. The molecule has 1 fully saturated rings. The SMILES string of the molecule is N#Cc1cccc(C2(NC(=O)Nc3cccc(C(N)=O)c3)CC2)c1. The van der Waals surface area contributed by atoms with Gasteiger partial charge in [-0.3, -0.25) is 4.79 Å². The first-order valence-corrected chi connectivity index (χ1v) is 7.52. The van der Waals surface area contributed by atoms with Crippen molar-refractivity contribution in [1.82, 2.24) is 5.32 Å². The Morgan fingerprint density at radius 3 is 2.54 bits per heavy atom. The summed E-state index contributed by atoms with van der Waals surface area (Å²) < 4.78 is 0. The van der Waals surface area contributed by atoms with Crippen LogP contribution in [0.3, 0.4) is 0 Å². The molecular formula is C18H16N4O2. The number of nitrogens with two attached hydrogens (primary N) is 1. The summed E-state index contributed by atoms with van der Waals surface area (Å²) in [5.41, 5.74) is 7.11. The molecule has 120 valence electrons. The molecule has 0 unspecified atom stereocenters.